The molecule has 1 aliphatic carbocycles. The van der Waals surface area contributed by atoms with E-state index in [-0.39, 0.29) is 0 Å². The molecular formula is C17H18Si. The molecule has 0 atom stereocenters. The summed E-state index contributed by atoms with van der Waals surface area (Å²) in [6.07, 6.45) is 1.12. The average Bonchev–Trinajstić information content (AvgIpc) is 2.67. The summed E-state index contributed by atoms with van der Waals surface area (Å²) in [6.45, 7) is 6.98. The van der Waals surface area contributed by atoms with Crippen LogP contribution in [0, 0.1) is 0 Å². The molecule has 18 heavy (non-hydrogen) atoms. The topological polar surface area (TPSA) is 0 Å². The third-order valence-corrected chi connectivity index (χ3v) is 4.85. The highest BCUT2D eigenvalue weighted by Crippen LogP contribution is 2.35. The van der Waals surface area contributed by atoms with Gasteiger partial charge in [0.2, 0.25) is 0 Å². The van der Waals surface area contributed by atoms with Gasteiger partial charge < -0.3 is 0 Å². The summed E-state index contributed by atoms with van der Waals surface area (Å²) in [4.78, 5) is 0. The molecule has 3 rings (SSSR count). The Balaban J connectivity index is 2.09. The SMILES string of the molecule is CC(C)(C)[Si]c1cccc2c1Cc1ccccc1-2. The van der Waals surface area contributed by atoms with Crippen LogP contribution in [0.5, 0.6) is 0 Å². The fourth-order valence-electron chi connectivity index (χ4n) is 2.68. The predicted molar refractivity (Wildman–Crippen MR) is 79.8 cm³/mol. The van der Waals surface area contributed by atoms with Crippen molar-refractivity contribution in [2.24, 2.45) is 0 Å². The molecule has 90 valence electrons. The van der Waals surface area contributed by atoms with Crippen LogP contribution >= 0.6 is 0 Å². The van der Waals surface area contributed by atoms with Crippen LogP contribution in [0.3, 0.4) is 0 Å². The number of rotatable bonds is 1. The number of hydrogen-bond donors (Lipinski definition) is 0. The second-order valence-electron chi connectivity index (χ2n) is 6.04. The van der Waals surface area contributed by atoms with Gasteiger partial charge in [-0.15, -0.1) is 0 Å². The smallest absolute Gasteiger partial charge is 0.0632 e. The first-order chi connectivity index (χ1) is 8.54. The first-order valence-electron chi connectivity index (χ1n) is 6.53. The van der Waals surface area contributed by atoms with Crippen molar-refractivity contribution in [2.75, 3.05) is 0 Å². The van der Waals surface area contributed by atoms with Crippen molar-refractivity contribution in [3.8, 4) is 11.1 Å². The molecule has 0 unspecified atom stereocenters. The van der Waals surface area contributed by atoms with Gasteiger partial charge in [-0.1, -0.05) is 68.4 Å². The summed E-state index contributed by atoms with van der Waals surface area (Å²) in [5.41, 5.74) is 5.94. The summed E-state index contributed by atoms with van der Waals surface area (Å²) in [7, 11) is 0.884. The van der Waals surface area contributed by atoms with E-state index in [2.05, 4.69) is 63.2 Å². The van der Waals surface area contributed by atoms with Crippen LogP contribution in [0.25, 0.3) is 11.1 Å². The molecule has 1 aliphatic rings. The van der Waals surface area contributed by atoms with Crippen molar-refractivity contribution < 1.29 is 0 Å². The number of hydrogen-bond acceptors (Lipinski definition) is 0. The van der Waals surface area contributed by atoms with E-state index >= 15 is 0 Å². The Labute approximate surface area is 112 Å². The van der Waals surface area contributed by atoms with E-state index in [0.29, 0.717) is 5.04 Å². The highest BCUT2D eigenvalue weighted by atomic mass is 28.2. The van der Waals surface area contributed by atoms with Gasteiger partial charge in [-0.3, -0.25) is 0 Å². The molecule has 2 radical (unpaired) electrons. The summed E-state index contributed by atoms with van der Waals surface area (Å²) in [5, 5.41) is 1.93. The minimum Gasteiger partial charge on any atom is -0.0632 e. The van der Waals surface area contributed by atoms with E-state index in [9.17, 15) is 0 Å². The average molecular weight is 250 g/mol. The minimum atomic E-state index is 0.379. The largest absolute Gasteiger partial charge is 0.0872 e. The fraction of sp³-hybridized carbons (Fsp3) is 0.294. The highest BCUT2D eigenvalue weighted by Gasteiger charge is 2.23. The molecule has 0 aromatic heterocycles. The molecule has 0 heterocycles. The van der Waals surface area contributed by atoms with Gasteiger partial charge in [-0.2, -0.15) is 0 Å². The third-order valence-electron chi connectivity index (χ3n) is 3.36. The lowest BCUT2D eigenvalue weighted by Gasteiger charge is -2.19. The molecule has 1 heteroatoms. The van der Waals surface area contributed by atoms with Crippen LogP contribution < -0.4 is 5.19 Å². The maximum absolute atomic E-state index is 2.33. The Bertz CT molecular complexity index is 591. The normalized spacial score (nSPS) is 13.3. The van der Waals surface area contributed by atoms with Gasteiger partial charge in [0.25, 0.3) is 0 Å². The Morgan fingerprint density at radius 2 is 1.61 bits per heavy atom. The predicted octanol–water partition coefficient (Wildman–Crippen LogP) is 3.81. The lowest BCUT2D eigenvalue weighted by atomic mass is 10.1. The summed E-state index contributed by atoms with van der Waals surface area (Å²) in [5.74, 6) is 0. The molecule has 0 amide bonds. The van der Waals surface area contributed by atoms with E-state index in [4.69, 9.17) is 0 Å². The molecule has 0 aliphatic heterocycles. The van der Waals surface area contributed by atoms with Gasteiger partial charge in [0.15, 0.2) is 0 Å². The Hall–Kier alpha value is -1.34. The van der Waals surface area contributed by atoms with Crippen LogP contribution in [0.1, 0.15) is 31.9 Å². The van der Waals surface area contributed by atoms with Gasteiger partial charge in [0.1, 0.15) is 0 Å². The molecule has 0 fully saturated rings. The summed E-state index contributed by atoms with van der Waals surface area (Å²) in [6, 6.07) is 15.6. The molecule has 0 saturated heterocycles. The first-order valence-corrected chi connectivity index (χ1v) is 7.53. The van der Waals surface area contributed by atoms with E-state index < -0.39 is 0 Å². The van der Waals surface area contributed by atoms with Crippen LogP contribution in [0.4, 0.5) is 0 Å². The van der Waals surface area contributed by atoms with Crippen LogP contribution in [0.2, 0.25) is 5.04 Å². The molecule has 2 aromatic rings. The van der Waals surface area contributed by atoms with Gasteiger partial charge in [0.05, 0.1) is 9.52 Å². The Morgan fingerprint density at radius 1 is 0.889 bits per heavy atom. The highest BCUT2D eigenvalue weighted by molar-refractivity contribution is 6.57. The molecule has 0 spiro atoms. The van der Waals surface area contributed by atoms with Crippen molar-refractivity contribution in [1.29, 1.82) is 0 Å². The van der Waals surface area contributed by atoms with Gasteiger partial charge in [-0.25, -0.2) is 0 Å². The quantitative estimate of drug-likeness (QED) is 0.576. The van der Waals surface area contributed by atoms with Crippen molar-refractivity contribution in [3.63, 3.8) is 0 Å². The van der Waals surface area contributed by atoms with E-state index in [0.717, 1.165) is 15.9 Å². The molecule has 0 bridgehead atoms. The lowest BCUT2D eigenvalue weighted by molar-refractivity contribution is 0.759. The second kappa shape index (κ2) is 4.10. The van der Waals surface area contributed by atoms with Gasteiger partial charge in [0, 0.05) is 0 Å². The van der Waals surface area contributed by atoms with Crippen LogP contribution in [-0.2, 0) is 6.42 Å². The monoisotopic (exact) mass is 250 g/mol. The summed E-state index contributed by atoms with van der Waals surface area (Å²) < 4.78 is 0. The van der Waals surface area contributed by atoms with E-state index in [1.54, 1.807) is 10.8 Å². The number of fused-ring (bicyclic) bond motifs is 3. The van der Waals surface area contributed by atoms with Crippen molar-refractivity contribution in [3.05, 3.63) is 53.6 Å². The van der Waals surface area contributed by atoms with E-state index in [1.165, 1.54) is 16.7 Å². The standard InChI is InChI=1S/C17H18Si/c1-17(2,3)18-16-10-6-9-14-13-8-5-4-7-12(13)11-15(14)16/h4-10H,11H2,1-3H3. The third kappa shape index (κ3) is 2.03. The first kappa shape index (κ1) is 11.7. The minimum absolute atomic E-state index is 0.379. The molecule has 0 nitrogen and oxygen atoms in total. The molecule has 2 aromatic carbocycles. The van der Waals surface area contributed by atoms with Crippen LogP contribution in [-0.4, -0.2) is 9.52 Å². The zero-order chi connectivity index (χ0) is 12.8. The van der Waals surface area contributed by atoms with Gasteiger partial charge >= 0.3 is 0 Å². The maximum atomic E-state index is 2.33. The Morgan fingerprint density at radius 3 is 2.39 bits per heavy atom. The molecule has 0 N–H and O–H groups in total. The fourth-order valence-corrected chi connectivity index (χ4v) is 4.04. The Kier molecular flexibility index (Phi) is 2.67. The van der Waals surface area contributed by atoms with Crippen molar-refractivity contribution >= 4 is 14.7 Å². The lowest BCUT2D eigenvalue weighted by Crippen LogP contribution is -2.26. The maximum Gasteiger partial charge on any atom is 0.0872 e. The van der Waals surface area contributed by atoms with Crippen LogP contribution in [0.15, 0.2) is 42.5 Å². The second-order valence-corrected chi connectivity index (χ2v) is 8.33. The van der Waals surface area contributed by atoms with E-state index in [1.807, 2.05) is 0 Å². The van der Waals surface area contributed by atoms with Crippen molar-refractivity contribution in [2.45, 2.75) is 32.2 Å². The summed E-state index contributed by atoms with van der Waals surface area (Å²) >= 11 is 0. The number of benzene rings is 2. The van der Waals surface area contributed by atoms with Gasteiger partial charge in [-0.05, 0) is 33.7 Å². The zero-order valence-corrected chi connectivity index (χ0v) is 12.2. The molecular weight excluding hydrogens is 232 g/mol. The molecule has 0 saturated carbocycles. The zero-order valence-electron chi connectivity index (χ0n) is 11.2. The van der Waals surface area contributed by atoms with Crippen molar-refractivity contribution in [1.82, 2.24) is 0 Å².